The second-order valence-corrected chi connectivity index (χ2v) is 6.61. The van der Waals surface area contributed by atoms with E-state index in [-0.39, 0.29) is 0 Å². The molecule has 1 fully saturated rings. The molecular formula is C19H24N2O. The Balaban J connectivity index is 1.73. The molecule has 0 unspecified atom stereocenters. The first-order valence-corrected chi connectivity index (χ1v) is 8.62. The fourth-order valence-electron chi connectivity index (χ4n) is 4.11. The van der Waals surface area contributed by atoms with Crippen molar-refractivity contribution in [2.24, 2.45) is 0 Å². The molecule has 1 aromatic heterocycles. The Morgan fingerprint density at radius 2 is 1.77 bits per heavy atom. The quantitative estimate of drug-likeness (QED) is 0.838. The molecule has 1 saturated carbocycles. The Morgan fingerprint density at radius 1 is 1.00 bits per heavy atom. The number of nitrogens with zero attached hydrogens (tertiary/aromatic N) is 2. The lowest BCUT2D eigenvalue weighted by Gasteiger charge is -2.20. The summed E-state index contributed by atoms with van der Waals surface area (Å²) in [6, 6.07) is 8.29. The molecule has 2 aliphatic rings. The number of hydrogen-bond acceptors (Lipinski definition) is 2. The maximum atomic E-state index is 5.27. The van der Waals surface area contributed by atoms with Gasteiger partial charge in [0.05, 0.1) is 18.5 Å². The van der Waals surface area contributed by atoms with Crippen molar-refractivity contribution >= 4 is 0 Å². The normalized spacial score (nSPS) is 18.4. The van der Waals surface area contributed by atoms with Gasteiger partial charge in [0.25, 0.3) is 0 Å². The summed E-state index contributed by atoms with van der Waals surface area (Å²) >= 11 is 0. The van der Waals surface area contributed by atoms with Crippen LogP contribution in [-0.2, 0) is 12.8 Å². The summed E-state index contributed by atoms with van der Waals surface area (Å²) in [7, 11) is 1.71. The molecule has 0 aliphatic heterocycles. The van der Waals surface area contributed by atoms with Crippen LogP contribution >= 0.6 is 0 Å². The van der Waals surface area contributed by atoms with Crippen LogP contribution in [0.15, 0.2) is 24.3 Å². The summed E-state index contributed by atoms with van der Waals surface area (Å²) < 4.78 is 7.47. The second kappa shape index (κ2) is 5.79. The van der Waals surface area contributed by atoms with Crippen LogP contribution in [-0.4, -0.2) is 16.9 Å². The van der Waals surface area contributed by atoms with Gasteiger partial charge in [0, 0.05) is 11.6 Å². The number of ether oxygens (including phenoxy) is 1. The van der Waals surface area contributed by atoms with Gasteiger partial charge in [-0.2, -0.15) is 5.10 Å². The van der Waals surface area contributed by atoms with Crippen LogP contribution in [0.5, 0.6) is 5.75 Å². The predicted molar refractivity (Wildman–Crippen MR) is 88.0 cm³/mol. The van der Waals surface area contributed by atoms with E-state index in [0.717, 1.165) is 5.75 Å². The summed E-state index contributed by atoms with van der Waals surface area (Å²) in [5.74, 6) is 1.60. The summed E-state index contributed by atoms with van der Waals surface area (Å²) in [4.78, 5) is 0. The van der Waals surface area contributed by atoms with Crippen LogP contribution in [0.3, 0.4) is 0 Å². The van der Waals surface area contributed by atoms with E-state index >= 15 is 0 Å². The standard InChI is InChI=1S/C19H24N2O/c1-22-16-12-10-15(11-13-16)21-18-9-5-8-17(18)19(20-21)14-6-3-2-4-7-14/h10-14H,2-9H2,1H3. The van der Waals surface area contributed by atoms with E-state index in [1.54, 1.807) is 12.7 Å². The van der Waals surface area contributed by atoms with Crippen molar-refractivity contribution in [2.45, 2.75) is 57.3 Å². The maximum Gasteiger partial charge on any atom is 0.119 e. The number of fused-ring (bicyclic) bond motifs is 1. The van der Waals surface area contributed by atoms with Gasteiger partial charge in [-0.1, -0.05) is 19.3 Å². The van der Waals surface area contributed by atoms with E-state index in [0.29, 0.717) is 5.92 Å². The van der Waals surface area contributed by atoms with Gasteiger partial charge < -0.3 is 4.74 Å². The van der Waals surface area contributed by atoms with Crippen molar-refractivity contribution in [3.05, 3.63) is 41.2 Å². The van der Waals surface area contributed by atoms with E-state index in [2.05, 4.69) is 16.8 Å². The topological polar surface area (TPSA) is 27.1 Å². The lowest BCUT2D eigenvalue weighted by molar-refractivity contribution is 0.414. The molecule has 1 aromatic carbocycles. The van der Waals surface area contributed by atoms with E-state index in [1.807, 2.05) is 12.1 Å². The molecule has 1 heterocycles. The molecule has 4 rings (SSSR count). The first-order valence-electron chi connectivity index (χ1n) is 8.62. The van der Waals surface area contributed by atoms with Gasteiger partial charge in [0.15, 0.2) is 0 Å². The molecule has 116 valence electrons. The Bertz CT molecular complexity index is 651. The fourth-order valence-corrected chi connectivity index (χ4v) is 4.11. The Hall–Kier alpha value is -1.77. The molecule has 2 aliphatic carbocycles. The van der Waals surface area contributed by atoms with Gasteiger partial charge in [-0.05, 0) is 61.9 Å². The summed E-state index contributed by atoms with van der Waals surface area (Å²) in [5.41, 5.74) is 5.58. The Labute approximate surface area is 132 Å². The summed E-state index contributed by atoms with van der Waals surface area (Å²) in [6.45, 7) is 0. The third-order valence-corrected chi connectivity index (χ3v) is 5.27. The number of methoxy groups -OCH3 is 1. The van der Waals surface area contributed by atoms with Crippen LogP contribution in [0.4, 0.5) is 0 Å². The van der Waals surface area contributed by atoms with Crippen LogP contribution in [0, 0.1) is 0 Å². The summed E-state index contributed by atoms with van der Waals surface area (Å²) in [6.07, 6.45) is 10.5. The molecule has 0 bridgehead atoms. The van der Waals surface area contributed by atoms with E-state index in [4.69, 9.17) is 9.84 Å². The zero-order valence-electron chi connectivity index (χ0n) is 13.3. The monoisotopic (exact) mass is 296 g/mol. The third-order valence-electron chi connectivity index (χ3n) is 5.27. The highest BCUT2D eigenvalue weighted by Crippen LogP contribution is 2.38. The molecule has 0 amide bonds. The number of aromatic nitrogens is 2. The minimum Gasteiger partial charge on any atom is -0.497 e. The van der Waals surface area contributed by atoms with Crippen LogP contribution in [0.25, 0.3) is 5.69 Å². The zero-order valence-corrected chi connectivity index (χ0v) is 13.3. The average molecular weight is 296 g/mol. The smallest absolute Gasteiger partial charge is 0.119 e. The molecule has 22 heavy (non-hydrogen) atoms. The van der Waals surface area contributed by atoms with Crippen molar-refractivity contribution < 1.29 is 4.74 Å². The van der Waals surface area contributed by atoms with Crippen molar-refractivity contribution in [3.8, 4) is 11.4 Å². The molecule has 0 N–H and O–H groups in total. The lowest BCUT2D eigenvalue weighted by atomic mass is 9.85. The molecule has 3 nitrogen and oxygen atoms in total. The average Bonchev–Trinajstić information content (AvgIpc) is 3.18. The predicted octanol–water partition coefficient (Wildman–Crippen LogP) is 4.42. The van der Waals surface area contributed by atoms with Gasteiger partial charge in [0.1, 0.15) is 5.75 Å². The van der Waals surface area contributed by atoms with Gasteiger partial charge in [-0.3, -0.25) is 0 Å². The number of rotatable bonds is 3. The number of hydrogen-bond donors (Lipinski definition) is 0. The first kappa shape index (κ1) is 13.9. The molecule has 3 heteroatoms. The largest absolute Gasteiger partial charge is 0.497 e. The second-order valence-electron chi connectivity index (χ2n) is 6.61. The van der Waals surface area contributed by atoms with Gasteiger partial charge in [0.2, 0.25) is 0 Å². The Kier molecular flexibility index (Phi) is 3.65. The molecule has 0 radical (unpaired) electrons. The molecule has 0 spiro atoms. The van der Waals surface area contributed by atoms with Crippen molar-refractivity contribution in [1.82, 2.24) is 9.78 Å². The third kappa shape index (κ3) is 2.33. The van der Waals surface area contributed by atoms with Gasteiger partial charge in [-0.15, -0.1) is 0 Å². The molecule has 0 atom stereocenters. The lowest BCUT2D eigenvalue weighted by Crippen LogP contribution is -2.08. The Morgan fingerprint density at radius 3 is 2.50 bits per heavy atom. The van der Waals surface area contributed by atoms with Crippen LogP contribution in [0.2, 0.25) is 0 Å². The zero-order chi connectivity index (χ0) is 14.9. The number of benzene rings is 1. The molecule has 2 aromatic rings. The van der Waals surface area contributed by atoms with E-state index in [9.17, 15) is 0 Å². The van der Waals surface area contributed by atoms with Gasteiger partial charge >= 0.3 is 0 Å². The van der Waals surface area contributed by atoms with Crippen molar-refractivity contribution in [3.63, 3.8) is 0 Å². The highest BCUT2D eigenvalue weighted by molar-refractivity contribution is 5.43. The maximum absolute atomic E-state index is 5.27. The SMILES string of the molecule is COc1ccc(-n2nc(C3CCCCC3)c3c2CCC3)cc1. The fraction of sp³-hybridized carbons (Fsp3) is 0.526. The first-order chi connectivity index (χ1) is 10.9. The van der Waals surface area contributed by atoms with E-state index in [1.165, 1.54) is 68.4 Å². The van der Waals surface area contributed by atoms with Crippen molar-refractivity contribution in [1.29, 1.82) is 0 Å². The van der Waals surface area contributed by atoms with Crippen LogP contribution < -0.4 is 4.74 Å². The van der Waals surface area contributed by atoms with Crippen LogP contribution in [0.1, 0.15) is 61.4 Å². The molecule has 0 saturated heterocycles. The highest BCUT2D eigenvalue weighted by Gasteiger charge is 2.28. The van der Waals surface area contributed by atoms with E-state index < -0.39 is 0 Å². The minimum absolute atomic E-state index is 0.695. The van der Waals surface area contributed by atoms with Gasteiger partial charge in [-0.25, -0.2) is 4.68 Å². The molecular weight excluding hydrogens is 272 g/mol. The van der Waals surface area contributed by atoms with Crippen molar-refractivity contribution in [2.75, 3.05) is 7.11 Å². The minimum atomic E-state index is 0.695. The summed E-state index contributed by atoms with van der Waals surface area (Å²) in [5, 5.41) is 5.06. The highest BCUT2D eigenvalue weighted by atomic mass is 16.5.